The van der Waals surface area contributed by atoms with Crippen molar-refractivity contribution in [3.8, 4) is 5.75 Å². The topological polar surface area (TPSA) is 77.4 Å². The van der Waals surface area contributed by atoms with E-state index in [1.54, 1.807) is 13.3 Å². The summed E-state index contributed by atoms with van der Waals surface area (Å²) in [5, 5.41) is 9.96. The van der Waals surface area contributed by atoms with Crippen molar-refractivity contribution in [1.29, 1.82) is 0 Å². The fourth-order valence-electron chi connectivity index (χ4n) is 2.98. The Bertz CT molecular complexity index is 693. The van der Waals surface area contributed by atoms with Crippen LogP contribution in [0.5, 0.6) is 5.75 Å². The lowest BCUT2D eigenvalue weighted by molar-refractivity contribution is 0.00401. The van der Waals surface area contributed by atoms with E-state index in [4.69, 9.17) is 9.47 Å². The lowest BCUT2D eigenvalue weighted by Gasteiger charge is -2.22. The van der Waals surface area contributed by atoms with Crippen LogP contribution in [0, 0.1) is 0 Å². The summed E-state index contributed by atoms with van der Waals surface area (Å²) in [4.78, 5) is 12.0. The van der Waals surface area contributed by atoms with Crippen LogP contribution in [0.3, 0.4) is 0 Å². The van der Waals surface area contributed by atoms with Crippen molar-refractivity contribution in [2.75, 3.05) is 25.6 Å². The van der Waals surface area contributed by atoms with Gasteiger partial charge in [0.15, 0.2) is 0 Å². The fraction of sp³-hybridized carbons (Fsp3) is 0.474. The second-order valence-corrected chi connectivity index (χ2v) is 6.42. The van der Waals surface area contributed by atoms with E-state index in [9.17, 15) is 4.79 Å². The van der Waals surface area contributed by atoms with Crippen LogP contribution in [0.1, 0.15) is 24.8 Å². The van der Waals surface area contributed by atoms with E-state index in [-0.39, 0.29) is 12.1 Å². The lowest BCUT2D eigenvalue weighted by Crippen LogP contribution is -2.30. The number of urea groups is 1. The maximum absolute atomic E-state index is 12.0. The molecule has 1 unspecified atom stereocenters. The standard InChI is InChI=1S/C19H26N4O3/c1-25-17-7-5-15(6-8-17)9-10-20-19(24)22-16-12-21-23(13-16)14-18-4-2-3-11-26-18/h5-8,12-13,18H,2-4,9-11,14H2,1H3,(H2,20,22,24). The summed E-state index contributed by atoms with van der Waals surface area (Å²) in [6.45, 7) is 2.11. The first-order chi connectivity index (χ1) is 12.7. The first-order valence-electron chi connectivity index (χ1n) is 9.05. The third kappa shape index (κ3) is 5.49. The Labute approximate surface area is 153 Å². The molecule has 1 aliphatic rings. The van der Waals surface area contributed by atoms with Crippen LogP contribution in [0.15, 0.2) is 36.7 Å². The minimum absolute atomic E-state index is 0.217. The number of carbonyl (C=O) groups is 1. The molecular weight excluding hydrogens is 332 g/mol. The number of nitrogens with zero attached hydrogens (tertiary/aromatic N) is 2. The number of nitrogens with one attached hydrogen (secondary N) is 2. The van der Waals surface area contributed by atoms with Gasteiger partial charge in [-0.15, -0.1) is 0 Å². The van der Waals surface area contributed by atoms with Crippen molar-refractivity contribution in [2.45, 2.75) is 38.3 Å². The molecule has 2 amide bonds. The zero-order valence-corrected chi connectivity index (χ0v) is 15.1. The second kappa shape index (κ2) is 9.24. The summed E-state index contributed by atoms with van der Waals surface area (Å²) in [5.74, 6) is 0.829. The third-order valence-electron chi connectivity index (χ3n) is 4.41. The van der Waals surface area contributed by atoms with Crippen LogP contribution in [-0.4, -0.2) is 42.2 Å². The van der Waals surface area contributed by atoms with E-state index in [1.807, 2.05) is 35.1 Å². The average molecular weight is 358 g/mol. The molecule has 2 heterocycles. The normalized spacial score (nSPS) is 16.9. The lowest BCUT2D eigenvalue weighted by atomic mass is 10.1. The summed E-state index contributed by atoms with van der Waals surface area (Å²) >= 11 is 0. The van der Waals surface area contributed by atoms with Crippen LogP contribution >= 0.6 is 0 Å². The number of hydrogen-bond donors (Lipinski definition) is 2. The average Bonchev–Trinajstić information content (AvgIpc) is 3.10. The number of amides is 2. The van der Waals surface area contributed by atoms with Gasteiger partial charge in [-0.1, -0.05) is 12.1 Å². The van der Waals surface area contributed by atoms with Gasteiger partial charge < -0.3 is 20.1 Å². The van der Waals surface area contributed by atoms with Crippen LogP contribution in [0.25, 0.3) is 0 Å². The maximum atomic E-state index is 12.0. The van der Waals surface area contributed by atoms with E-state index in [2.05, 4.69) is 15.7 Å². The van der Waals surface area contributed by atoms with E-state index >= 15 is 0 Å². The molecule has 0 bridgehead atoms. The SMILES string of the molecule is COc1ccc(CCNC(=O)Nc2cnn(CC3CCCCO3)c2)cc1. The molecule has 3 rings (SSSR count). The van der Waals surface area contributed by atoms with Crippen molar-refractivity contribution >= 4 is 11.7 Å². The van der Waals surface area contributed by atoms with Crippen molar-refractivity contribution in [2.24, 2.45) is 0 Å². The Kier molecular flexibility index (Phi) is 6.49. The van der Waals surface area contributed by atoms with Crippen LogP contribution < -0.4 is 15.4 Å². The Morgan fingerprint density at radius 1 is 1.35 bits per heavy atom. The van der Waals surface area contributed by atoms with Gasteiger partial charge in [0.2, 0.25) is 0 Å². The number of methoxy groups -OCH3 is 1. The largest absolute Gasteiger partial charge is 0.497 e. The number of carbonyl (C=O) groups excluding carboxylic acids is 1. The minimum atomic E-state index is -0.230. The summed E-state index contributed by atoms with van der Waals surface area (Å²) in [6, 6.07) is 7.59. The molecule has 1 fully saturated rings. The Morgan fingerprint density at radius 3 is 2.92 bits per heavy atom. The minimum Gasteiger partial charge on any atom is -0.497 e. The van der Waals surface area contributed by atoms with E-state index in [0.717, 1.165) is 43.7 Å². The van der Waals surface area contributed by atoms with Gasteiger partial charge in [-0.25, -0.2) is 4.79 Å². The third-order valence-corrected chi connectivity index (χ3v) is 4.41. The first kappa shape index (κ1) is 18.3. The van der Waals surface area contributed by atoms with Gasteiger partial charge in [-0.05, 0) is 43.4 Å². The molecule has 0 spiro atoms. The van der Waals surface area contributed by atoms with Crippen molar-refractivity contribution in [3.63, 3.8) is 0 Å². The predicted octanol–water partition coefficient (Wildman–Crippen LogP) is 2.83. The summed E-state index contributed by atoms with van der Waals surface area (Å²) < 4.78 is 12.7. The monoisotopic (exact) mass is 358 g/mol. The molecule has 2 aromatic rings. The van der Waals surface area contributed by atoms with E-state index in [0.29, 0.717) is 12.2 Å². The Balaban J connectivity index is 1.38. The molecule has 1 aliphatic heterocycles. The number of aromatic nitrogens is 2. The highest BCUT2D eigenvalue weighted by atomic mass is 16.5. The molecule has 26 heavy (non-hydrogen) atoms. The number of benzene rings is 1. The highest BCUT2D eigenvalue weighted by Gasteiger charge is 2.15. The molecule has 2 N–H and O–H groups in total. The number of ether oxygens (including phenoxy) is 2. The van der Waals surface area contributed by atoms with Gasteiger partial charge in [0.25, 0.3) is 0 Å². The molecule has 1 saturated heterocycles. The second-order valence-electron chi connectivity index (χ2n) is 6.42. The predicted molar refractivity (Wildman–Crippen MR) is 99.5 cm³/mol. The molecule has 7 heteroatoms. The van der Waals surface area contributed by atoms with Gasteiger partial charge in [0.05, 0.1) is 31.6 Å². The zero-order chi connectivity index (χ0) is 18.2. The molecule has 1 atom stereocenters. The van der Waals surface area contributed by atoms with Crippen LogP contribution in [-0.2, 0) is 17.7 Å². The Hall–Kier alpha value is -2.54. The number of anilines is 1. The molecule has 0 saturated carbocycles. The summed E-state index contributed by atoms with van der Waals surface area (Å²) in [5.41, 5.74) is 1.83. The van der Waals surface area contributed by atoms with Crippen molar-refractivity contribution in [1.82, 2.24) is 15.1 Å². The van der Waals surface area contributed by atoms with Crippen molar-refractivity contribution < 1.29 is 14.3 Å². The number of hydrogen-bond acceptors (Lipinski definition) is 4. The molecule has 140 valence electrons. The molecule has 7 nitrogen and oxygen atoms in total. The quantitative estimate of drug-likeness (QED) is 0.798. The van der Waals surface area contributed by atoms with Crippen LogP contribution in [0.4, 0.5) is 10.5 Å². The summed E-state index contributed by atoms with van der Waals surface area (Å²) in [6.07, 6.45) is 7.87. The van der Waals surface area contributed by atoms with Gasteiger partial charge in [-0.2, -0.15) is 5.10 Å². The summed E-state index contributed by atoms with van der Waals surface area (Å²) in [7, 11) is 1.64. The first-order valence-corrected chi connectivity index (χ1v) is 9.05. The van der Waals surface area contributed by atoms with E-state index < -0.39 is 0 Å². The molecule has 1 aromatic heterocycles. The molecule has 0 radical (unpaired) electrons. The molecular formula is C19H26N4O3. The highest BCUT2D eigenvalue weighted by molar-refractivity contribution is 5.88. The molecule has 0 aliphatic carbocycles. The van der Waals surface area contributed by atoms with Crippen LogP contribution in [0.2, 0.25) is 0 Å². The van der Waals surface area contributed by atoms with E-state index in [1.165, 1.54) is 6.42 Å². The fourth-order valence-corrected chi connectivity index (χ4v) is 2.98. The maximum Gasteiger partial charge on any atom is 0.319 e. The highest BCUT2D eigenvalue weighted by Crippen LogP contribution is 2.15. The number of rotatable bonds is 7. The molecule has 1 aromatic carbocycles. The van der Waals surface area contributed by atoms with Gasteiger partial charge in [-0.3, -0.25) is 4.68 Å². The Morgan fingerprint density at radius 2 is 2.19 bits per heavy atom. The van der Waals surface area contributed by atoms with Crippen molar-refractivity contribution in [3.05, 3.63) is 42.2 Å². The van der Waals surface area contributed by atoms with Gasteiger partial charge in [0, 0.05) is 19.3 Å². The van der Waals surface area contributed by atoms with Gasteiger partial charge >= 0.3 is 6.03 Å². The van der Waals surface area contributed by atoms with Gasteiger partial charge in [0.1, 0.15) is 5.75 Å². The smallest absolute Gasteiger partial charge is 0.319 e. The zero-order valence-electron chi connectivity index (χ0n) is 15.1.